The van der Waals surface area contributed by atoms with Crippen LogP contribution in [-0.4, -0.2) is 26.7 Å². The molecule has 2 aliphatic heterocycles. The Morgan fingerprint density at radius 2 is 2.00 bits per heavy atom. The summed E-state index contributed by atoms with van der Waals surface area (Å²) in [6.07, 6.45) is 1.21. The first kappa shape index (κ1) is 14.7. The zero-order valence-corrected chi connectivity index (χ0v) is 14.1. The SMILES string of the molecule is CCC1SCCSC1c1nc2c(c(C(C)C)n1)CNC2. The van der Waals surface area contributed by atoms with Crippen LogP contribution < -0.4 is 5.32 Å². The van der Waals surface area contributed by atoms with Gasteiger partial charge in [-0.1, -0.05) is 20.8 Å². The molecule has 1 fully saturated rings. The molecule has 1 saturated heterocycles. The number of hydrogen-bond acceptors (Lipinski definition) is 5. The van der Waals surface area contributed by atoms with Crippen LogP contribution in [0.1, 0.15) is 61.1 Å². The molecule has 0 saturated carbocycles. The van der Waals surface area contributed by atoms with E-state index in [-0.39, 0.29) is 0 Å². The number of nitrogens with zero attached hydrogens (tertiary/aromatic N) is 2. The molecule has 20 heavy (non-hydrogen) atoms. The smallest absolute Gasteiger partial charge is 0.143 e. The maximum atomic E-state index is 4.98. The Morgan fingerprint density at radius 3 is 2.75 bits per heavy atom. The van der Waals surface area contributed by atoms with Gasteiger partial charge in [0.15, 0.2) is 0 Å². The Bertz CT molecular complexity index is 490. The summed E-state index contributed by atoms with van der Waals surface area (Å²) in [5.74, 6) is 4.05. The zero-order chi connectivity index (χ0) is 14.1. The monoisotopic (exact) mass is 309 g/mol. The molecule has 1 aromatic rings. The highest BCUT2D eigenvalue weighted by atomic mass is 32.2. The van der Waals surface area contributed by atoms with Gasteiger partial charge in [0, 0.05) is 35.4 Å². The van der Waals surface area contributed by atoms with Crippen LogP contribution in [0.2, 0.25) is 0 Å². The van der Waals surface area contributed by atoms with E-state index in [1.807, 2.05) is 11.8 Å². The Balaban J connectivity index is 1.99. The summed E-state index contributed by atoms with van der Waals surface area (Å²) in [4.78, 5) is 9.89. The molecule has 3 heterocycles. The summed E-state index contributed by atoms with van der Waals surface area (Å²) in [5.41, 5.74) is 3.86. The molecule has 3 rings (SSSR count). The molecule has 5 heteroatoms. The first-order valence-electron chi connectivity index (χ1n) is 7.54. The van der Waals surface area contributed by atoms with E-state index >= 15 is 0 Å². The molecule has 1 aromatic heterocycles. The summed E-state index contributed by atoms with van der Waals surface area (Å²) in [7, 11) is 0. The number of aromatic nitrogens is 2. The van der Waals surface area contributed by atoms with Crippen molar-refractivity contribution in [1.29, 1.82) is 0 Å². The minimum atomic E-state index is 0.474. The average Bonchev–Trinajstić information content (AvgIpc) is 2.94. The van der Waals surface area contributed by atoms with E-state index < -0.39 is 0 Å². The van der Waals surface area contributed by atoms with E-state index in [0.717, 1.165) is 18.9 Å². The second-order valence-corrected chi connectivity index (χ2v) is 8.36. The lowest BCUT2D eigenvalue weighted by molar-refractivity contribution is 0.711. The third kappa shape index (κ3) is 2.72. The summed E-state index contributed by atoms with van der Waals surface area (Å²) >= 11 is 4.15. The zero-order valence-electron chi connectivity index (χ0n) is 12.5. The normalized spacial score (nSPS) is 26.0. The summed E-state index contributed by atoms with van der Waals surface area (Å²) in [6.45, 7) is 8.61. The van der Waals surface area contributed by atoms with Crippen LogP contribution in [0.15, 0.2) is 0 Å². The highest BCUT2D eigenvalue weighted by Gasteiger charge is 2.31. The van der Waals surface area contributed by atoms with Crippen molar-refractivity contribution in [1.82, 2.24) is 15.3 Å². The maximum Gasteiger partial charge on any atom is 0.143 e. The highest BCUT2D eigenvalue weighted by molar-refractivity contribution is 8.06. The predicted molar refractivity (Wildman–Crippen MR) is 88.4 cm³/mol. The van der Waals surface area contributed by atoms with E-state index in [1.54, 1.807) is 0 Å². The van der Waals surface area contributed by atoms with Gasteiger partial charge in [0.2, 0.25) is 0 Å². The van der Waals surface area contributed by atoms with Crippen LogP contribution in [0.5, 0.6) is 0 Å². The molecule has 0 amide bonds. The fourth-order valence-electron chi connectivity index (χ4n) is 2.96. The molecule has 1 N–H and O–H groups in total. The standard InChI is InChI=1S/C15H23N3S2/c1-4-12-14(20-6-5-19-12)15-17-11-8-16-7-10(11)13(18-15)9(2)3/h9,12,14,16H,4-8H2,1-3H3. The molecule has 3 nitrogen and oxygen atoms in total. The van der Waals surface area contributed by atoms with Gasteiger partial charge in [0.1, 0.15) is 5.82 Å². The Morgan fingerprint density at radius 1 is 1.20 bits per heavy atom. The van der Waals surface area contributed by atoms with Crippen LogP contribution in [0, 0.1) is 0 Å². The lowest BCUT2D eigenvalue weighted by Crippen LogP contribution is -2.22. The Kier molecular flexibility index (Phi) is 4.58. The first-order chi connectivity index (χ1) is 9.70. The van der Waals surface area contributed by atoms with E-state index in [4.69, 9.17) is 9.97 Å². The van der Waals surface area contributed by atoms with E-state index in [9.17, 15) is 0 Å². The van der Waals surface area contributed by atoms with Crippen LogP contribution in [-0.2, 0) is 13.1 Å². The minimum Gasteiger partial charge on any atom is -0.307 e. The van der Waals surface area contributed by atoms with Crippen molar-refractivity contribution in [2.75, 3.05) is 11.5 Å². The Labute approximate surface area is 130 Å². The number of hydrogen-bond donors (Lipinski definition) is 1. The van der Waals surface area contributed by atoms with Gasteiger partial charge in [0.25, 0.3) is 0 Å². The van der Waals surface area contributed by atoms with Crippen molar-refractivity contribution in [2.24, 2.45) is 0 Å². The van der Waals surface area contributed by atoms with Crippen molar-refractivity contribution in [3.05, 3.63) is 22.8 Å². The summed E-state index contributed by atoms with van der Waals surface area (Å²) in [6, 6.07) is 0. The third-order valence-corrected chi connectivity index (χ3v) is 7.23. The topological polar surface area (TPSA) is 37.8 Å². The predicted octanol–water partition coefficient (Wildman–Crippen LogP) is 3.50. The summed E-state index contributed by atoms with van der Waals surface area (Å²) in [5, 5.41) is 4.57. The molecule has 0 aromatic carbocycles. The number of rotatable bonds is 3. The number of thioether (sulfide) groups is 2. The molecule has 0 aliphatic carbocycles. The van der Waals surface area contributed by atoms with Crippen molar-refractivity contribution in [3.8, 4) is 0 Å². The van der Waals surface area contributed by atoms with E-state index in [0.29, 0.717) is 16.4 Å². The highest BCUT2D eigenvalue weighted by Crippen LogP contribution is 2.43. The van der Waals surface area contributed by atoms with Gasteiger partial charge in [-0.15, -0.1) is 11.8 Å². The van der Waals surface area contributed by atoms with Gasteiger partial charge < -0.3 is 5.32 Å². The van der Waals surface area contributed by atoms with Gasteiger partial charge in [-0.2, -0.15) is 11.8 Å². The molecular formula is C15H23N3S2. The molecule has 2 atom stereocenters. The molecule has 2 unspecified atom stereocenters. The van der Waals surface area contributed by atoms with Crippen LogP contribution in [0.25, 0.3) is 0 Å². The Hall–Kier alpha value is -0.260. The van der Waals surface area contributed by atoms with Crippen LogP contribution in [0.4, 0.5) is 0 Å². The van der Waals surface area contributed by atoms with Gasteiger partial charge in [0.05, 0.1) is 16.6 Å². The first-order valence-corrected chi connectivity index (χ1v) is 9.64. The molecule has 0 bridgehead atoms. The summed E-state index contributed by atoms with van der Waals surface area (Å²) < 4.78 is 0. The average molecular weight is 310 g/mol. The lowest BCUT2D eigenvalue weighted by Gasteiger charge is -2.29. The molecule has 0 radical (unpaired) electrons. The van der Waals surface area contributed by atoms with Crippen molar-refractivity contribution >= 4 is 23.5 Å². The lowest BCUT2D eigenvalue weighted by atomic mass is 10.0. The molecular weight excluding hydrogens is 286 g/mol. The van der Waals surface area contributed by atoms with Gasteiger partial charge >= 0.3 is 0 Å². The quantitative estimate of drug-likeness (QED) is 0.925. The second-order valence-electron chi connectivity index (χ2n) is 5.76. The van der Waals surface area contributed by atoms with Gasteiger partial charge in [-0.25, -0.2) is 9.97 Å². The van der Waals surface area contributed by atoms with E-state index in [1.165, 1.54) is 34.9 Å². The largest absolute Gasteiger partial charge is 0.307 e. The third-order valence-electron chi connectivity index (χ3n) is 3.99. The molecule has 2 aliphatic rings. The van der Waals surface area contributed by atoms with Crippen molar-refractivity contribution < 1.29 is 0 Å². The van der Waals surface area contributed by atoms with E-state index in [2.05, 4.69) is 37.8 Å². The van der Waals surface area contributed by atoms with Crippen LogP contribution in [0.3, 0.4) is 0 Å². The number of nitrogens with one attached hydrogen (secondary N) is 1. The molecule has 110 valence electrons. The van der Waals surface area contributed by atoms with Gasteiger partial charge in [-0.05, 0) is 12.3 Å². The second kappa shape index (κ2) is 6.24. The fourth-order valence-corrected chi connectivity index (χ4v) is 5.95. The van der Waals surface area contributed by atoms with Crippen molar-refractivity contribution in [2.45, 2.75) is 56.7 Å². The maximum absolute atomic E-state index is 4.98. The van der Waals surface area contributed by atoms with Crippen molar-refractivity contribution in [3.63, 3.8) is 0 Å². The van der Waals surface area contributed by atoms with Gasteiger partial charge in [-0.3, -0.25) is 0 Å². The fraction of sp³-hybridized carbons (Fsp3) is 0.733. The molecule has 0 spiro atoms. The number of fused-ring (bicyclic) bond motifs is 1. The van der Waals surface area contributed by atoms with Crippen LogP contribution >= 0.6 is 23.5 Å². The minimum absolute atomic E-state index is 0.474.